The molecule has 4 nitrogen and oxygen atoms in total. The zero-order chi connectivity index (χ0) is 15.6. The lowest BCUT2D eigenvalue weighted by Gasteiger charge is -2.30. The first-order valence-electron chi connectivity index (χ1n) is 6.71. The van der Waals surface area contributed by atoms with Gasteiger partial charge in [-0.25, -0.2) is 17.1 Å². The number of halogens is 2. The van der Waals surface area contributed by atoms with Gasteiger partial charge in [0.1, 0.15) is 5.82 Å². The zero-order valence-electron chi connectivity index (χ0n) is 11.7. The Kier molecular flexibility index (Phi) is 5.01. The summed E-state index contributed by atoms with van der Waals surface area (Å²) >= 11 is 5.80. The minimum absolute atomic E-state index is 0.0553. The first-order chi connectivity index (χ1) is 9.79. The summed E-state index contributed by atoms with van der Waals surface area (Å²) in [5, 5.41) is -0.168. The van der Waals surface area contributed by atoms with Crippen LogP contribution in [0.15, 0.2) is 18.2 Å². The van der Waals surface area contributed by atoms with Gasteiger partial charge in [0.25, 0.3) is 0 Å². The van der Waals surface area contributed by atoms with Crippen LogP contribution in [-0.2, 0) is 10.0 Å². The van der Waals surface area contributed by atoms with Crippen LogP contribution in [0.25, 0.3) is 0 Å². The fraction of sp³-hybridized carbons (Fsp3) is 0.500. The summed E-state index contributed by atoms with van der Waals surface area (Å²) in [5.41, 5.74) is 0.160. The van der Waals surface area contributed by atoms with Gasteiger partial charge in [-0.2, -0.15) is 0 Å². The van der Waals surface area contributed by atoms with Crippen LogP contribution in [-0.4, -0.2) is 37.9 Å². The average molecular weight is 334 g/mol. The maximum Gasteiger partial charge on any atom is 0.211 e. The lowest BCUT2D eigenvalue weighted by Crippen LogP contribution is -2.39. The number of Topliss-reactive ketones (excluding diaryl/α,β-unsaturated/α-hetero) is 1. The summed E-state index contributed by atoms with van der Waals surface area (Å²) in [4.78, 5) is 12.2. The summed E-state index contributed by atoms with van der Waals surface area (Å²) < 4.78 is 37.9. The molecule has 21 heavy (non-hydrogen) atoms. The minimum atomic E-state index is -3.24. The van der Waals surface area contributed by atoms with Crippen molar-refractivity contribution in [2.24, 2.45) is 5.92 Å². The van der Waals surface area contributed by atoms with E-state index < -0.39 is 15.8 Å². The first-order valence-corrected chi connectivity index (χ1v) is 8.94. The number of sulfonamides is 1. The number of nitrogens with zero attached hydrogens (tertiary/aromatic N) is 1. The summed E-state index contributed by atoms with van der Waals surface area (Å²) in [7, 11) is -3.24. The molecule has 1 aliphatic rings. The standard InChI is InChI=1S/C14H17ClFNO3S/c1-21(19,20)17-7-3-4-10(9-17)8-13(18)11-5-2-6-12(16)14(11)15/h2,5-6,10H,3-4,7-9H2,1H3. The molecule has 0 aliphatic carbocycles. The predicted octanol–water partition coefficient (Wildman–Crippen LogP) is 2.72. The highest BCUT2D eigenvalue weighted by atomic mass is 35.5. The molecule has 1 fully saturated rings. The topological polar surface area (TPSA) is 54.5 Å². The van der Waals surface area contributed by atoms with E-state index in [0.717, 1.165) is 12.8 Å². The van der Waals surface area contributed by atoms with Gasteiger partial charge in [-0.05, 0) is 30.9 Å². The molecule has 7 heteroatoms. The highest BCUT2D eigenvalue weighted by molar-refractivity contribution is 7.88. The second-order valence-corrected chi connectivity index (χ2v) is 7.72. The predicted molar refractivity (Wildman–Crippen MR) is 79.5 cm³/mol. The van der Waals surface area contributed by atoms with Crippen molar-refractivity contribution in [1.29, 1.82) is 0 Å². The Morgan fingerprint density at radius 3 is 2.86 bits per heavy atom. The summed E-state index contributed by atoms with van der Waals surface area (Å²) in [5.74, 6) is -0.927. The van der Waals surface area contributed by atoms with Crippen LogP contribution < -0.4 is 0 Å². The van der Waals surface area contributed by atoms with Crippen LogP contribution in [0.5, 0.6) is 0 Å². The van der Waals surface area contributed by atoms with Gasteiger partial charge >= 0.3 is 0 Å². The quantitative estimate of drug-likeness (QED) is 0.796. The second kappa shape index (κ2) is 6.42. The van der Waals surface area contributed by atoms with E-state index in [2.05, 4.69) is 0 Å². The number of rotatable bonds is 4. The van der Waals surface area contributed by atoms with Crippen molar-refractivity contribution in [2.45, 2.75) is 19.3 Å². The smallest absolute Gasteiger partial charge is 0.211 e. The third kappa shape index (κ3) is 4.02. The lowest BCUT2D eigenvalue weighted by molar-refractivity contribution is 0.0942. The number of ketones is 1. The Labute approximate surface area is 128 Å². The Morgan fingerprint density at radius 1 is 1.48 bits per heavy atom. The van der Waals surface area contributed by atoms with Crippen molar-refractivity contribution >= 4 is 27.4 Å². The third-order valence-corrected chi connectivity index (χ3v) is 5.33. The van der Waals surface area contributed by atoms with E-state index in [1.165, 1.54) is 28.8 Å². The lowest BCUT2D eigenvalue weighted by atomic mass is 9.92. The van der Waals surface area contributed by atoms with Crippen molar-refractivity contribution in [2.75, 3.05) is 19.3 Å². The number of benzene rings is 1. The van der Waals surface area contributed by atoms with Crippen LogP contribution in [0.2, 0.25) is 5.02 Å². The first kappa shape index (κ1) is 16.4. The molecule has 0 saturated carbocycles. The molecule has 0 amide bonds. The molecule has 0 N–H and O–H groups in total. The van der Waals surface area contributed by atoms with Crippen LogP contribution >= 0.6 is 11.6 Å². The van der Waals surface area contributed by atoms with Crippen molar-refractivity contribution in [3.63, 3.8) is 0 Å². The van der Waals surface area contributed by atoms with E-state index >= 15 is 0 Å². The monoisotopic (exact) mass is 333 g/mol. The Bertz CT molecular complexity index is 648. The van der Waals surface area contributed by atoms with Crippen LogP contribution in [0.3, 0.4) is 0 Å². The van der Waals surface area contributed by atoms with Crippen molar-refractivity contribution < 1.29 is 17.6 Å². The van der Waals surface area contributed by atoms with Gasteiger partial charge in [-0.15, -0.1) is 0 Å². The Balaban J connectivity index is 2.08. The number of carbonyl (C=O) groups is 1. The summed E-state index contributed by atoms with van der Waals surface area (Å²) in [6.45, 7) is 0.821. The second-order valence-electron chi connectivity index (χ2n) is 5.36. The highest BCUT2D eigenvalue weighted by Gasteiger charge is 2.28. The molecular weight excluding hydrogens is 317 g/mol. The van der Waals surface area contributed by atoms with E-state index in [0.29, 0.717) is 13.1 Å². The van der Waals surface area contributed by atoms with Gasteiger partial charge in [-0.1, -0.05) is 17.7 Å². The maximum atomic E-state index is 13.4. The number of hydrogen-bond acceptors (Lipinski definition) is 3. The zero-order valence-corrected chi connectivity index (χ0v) is 13.3. The molecule has 0 radical (unpaired) electrons. The molecule has 1 aliphatic heterocycles. The third-order valence-electron chi connectivity index (χ3n) is 3.68. The molecule has 1 atom stereocenters. The molecule has 116 valence electrons. The van der Waals surface area contributed by atoms with Crippen molar-refractivity contribution in [3.8, 4) is 0 Å². The number of piperidine rings is 1. The van der Waals surface area contributed by atoms with E-state index in [-0.39, 0.29) is 28.7 Å². The van der Waals surface area contributed by atoms with E-state index in [1.807, 2.05) is 0 Å². The maximum absolute atomic E-state index is 13.4. The van der Waals surface area contributed by atoms with Gasteiger partial charge in [0.15, 0.2) is 5.78 Å². The fourth-order valence-corrected chi connectivity index (χ4v) is 3.76. The van der Waals surface area contributed by atoms with Crippen molar-refractivity contribution in [1.82, 2.24) is 4.31 Å². The van der Waals surface area contributed by atoms with Gasteiger partial charge in [0, 0.05) is 25.1 Å². The average Bonchev–Trinajstić information content (AvgIpc) is 2.41. The number of carbonyl (C=O) groups excluding carboxylic acids is 1. The molecule has 1 aromatic rings. The van der Waals surface area contributed by atoms with E-state index in [1.54, 1.807) is 0 Å². The molecule has 1 unspecified atom stereocenters. The molecule has 1 aromatic carbocycles. The van der Waals surface area contributed by atoms with E-state index in [4.69, 9.17) is 11.6 Å². The summed E-state index contributed by atoms with van der Waals surface area (Å²) in [6.07, 6.45) is 2.85. The van der Waals surface area contributed by atoms with Gasteiger partial charge < -0.3 is 0 Å². The van der Waals surface area contributed by atoms with Gasteiger partial charge in [0.05, 0.1) is 11.3 Å². The molecular formula is C14H17ClFNO3S. The fourth-order valence-electron chi connectivity index (χ4n) is 2.59. The molecule has 0 bridgehead atoms. The number of hydrogen-bond donors (Lipinski definition) is 0. The largest absolute Gasteiger partial charge is 0.294 e. The van der Waals surface area contributed by atoms with Crippen LogP contribution in [0.4, 0.5) is 4.39 Å². The molecule has 0 spiro atoms. The van der Waals surface area contributed by atoms with Gasteiger partial charge in [-0.3, -0.25) is 4.79 Å². The van der Waals surface area contributed by atoms with Crippen LogP contribution in [0, 0.1) is 11.7 Å². The molecule has 2 rings (SSSR count). The summed E-state index contributed by atoms with van der Waals surface area (Å²) in [6, 6.07) is 4.13. The SMILES string of the molecule is CS(=O)(=O)N1CCCC(CC(=O)c2cccc(F)c2Cl)C1. The Hall–Kier alpha value is -0.980. The molecule has 0 aromatic heterocycles. The highest BCUT2D eigenvalue weighted by Crippen LogP contribution is 2.26. The molecule has 1 heterocycles. The minimum Gasteiger partial charge on any atom is -0.294 e. The molecule has 1 saturated heterocycles. The normalized spacial score (nSPS) is 20.4. The van der Waals surface area contributed by atoms with Gasteiger partial charge in [0.2, 0.25) is 10.0 Å². The van der Waals surface area contributed by atoms with Crippen LogP contribution in [0.1, 0.15) is 29.6 Å². The Morgan fingerprint density at radius 2 is 2.19 bits per heavy atom. The van der Waals surface area contributed by atoms with E-state index in [9.17, 15) is 17.6 Å². The van der Waals surface area contributed by atoms with Crippen molar-refractivity contribution in [3.05, 3.63) is 34.6 Å².